The first kappa shape index (κ1) is 11.9. The summed E-state index contributed by atoms with van der Waals surface area (Å²) in [5.41, 5.74) is 8.00. The van der Waals surface area contributed by atoms with Crippen LogP contribution in [0, 0.1) is 0 Å². The fourth-order valence-electron chi connectivity index (χ4n) is 1.80. The van der Waals surface area contributed by atoms with Crippen LogP contribution in [-0.2, 0) is 0 Å². The number of aromatic nitrogens is 2. The van der Waals surface area contributed by atoms with E-state index in [9.17, 15) is 0 Å². The van der Waals surface area contributed by atoms with Gasteiger partial charge >= 0.3 is 0 Å². The molecule has 4 nitrogen and oxygen atoms in total. The molecule has 0 unspecified atom stereocenters. The summed E-state index contributed by atoms with van der Waals surface area (Å²) >= 11 is 1.45. The molecule has 0 aliphatic rings. The Morgan fingerprint density at radius 1 is 1.35 bits per heavy atom. The van der Waals surface area contributed by atoms with E-state index in [1.54, 1.807) is 6.20 Å². The van der Waals surface area contributed by atoms with Crippen molar-refractivity contribution in [2.75, 3.05) is 23.7 Å². The van der Waals surface area contributed by atoms with Gasteiger partial charge < -0.3 is 10.6 Å². The van der Waals surface area contributed by atoms with Gasteiger partial charge in [-0.05, 0) is 31.4 Å². The Morgan fingerprint density at radius 3 is 2.71 bits per heavy atom. The first-order chi connectivity index (χ1) is 8.27. The fourth-order valence-corrected chi connectivity index (χ4v) is 2.77. The molecule has 0 amide bonds. The highest BCUT2D eigenvalue weighted by atomic mass is 32.1. The second-order valence-corrected chi connectivity index (χ2v) is 4.41. The number of nitrogens with two attached hydrogens (primary N) is 1. The summed E-state index contributed by atoms with van der Waals surface area (Å²) in [6.45, 7) is 6.16. The van der Waals surface area contributed by atoms with Gasteiger partial charge in [0.05, 0.1) is 5.56 Å². The molecule has 17 heavy (non-hydrogen) atoms. The van der Waals surface area contributed by atoms with E-state index in [4.69, 9.17) is 5.73 Å². The molecule has 0 fully saturated rings. The minimum atomic E-state index is 0.588. The van der Waals surface area contributed by atoms with Crippen molar-refractivity contribution in [3.8, 4) is 11.1 Å². The average molecular weight is 248 g/mol. The second-order valence-electron chi connectivity index (χ2n) is 3.66. The van der Waals surface area contributed by atoms with E-state index >= 15 is 0 Å². The topological polar surface area (TPSA) is 55.0 Å². The van der Waals surface area contributed by atoms with Crippen LogP contribution in [0.15, 0.2) is 24.5 Å². The standard InChI is InChI=1S/C12H16N4S/c1-3-16(4-2)12-10(11(13)15-17-12)9-6-5-7-14-8-9/h5-8H,3-4H2,1-2H3,(H2,13,15). The second kappa shape index (κ2) is 5.14. The minimum Gasteiger partial charge on any atom is -0.382 e. The maximum Gasteiger partial charge on any atom is 0.147 e. The Morgan fingerprint density at radius 2 is 2.12 bits per heavy atom. The first-order valence-corrected chi connectivity index (χ1v) is 6.45. The number of nitrogens with zero attached hydrogens (tertiary/aromatic N) is 3. The van der Waals surface area contributed by atoms with Crippen molar-refractivity contribution in [3.05, 3.63) is 24.5 Å². The zero-order chi connectivity index (χ0) is 12.3. The van der Waals surface area contributed by atoms with E-state index < -0.39 is 0 Å². The lowest BCUT2D eigenvalue weighted by atomic mass is 10.1. The molecule has 5 heteroatoms. The van der Waals surface area contributed by atoms with E-state index in [2.05, 4.69) is 28.1 Å². The number of rotatable bonds is 4. The average Bonchev–Trinajstić information content (AvgIpc) is 2.74. The molecule has 0 aliphatic carbocycles. The number of pyridine rings is 1. The monoisotopic (exact) mass is 248 g/mol. The van der Waals surface area contributed by atoms with E-state index in [0.29, 0.717) is 5.82 Å². The van der Waals surface area contributed by atoms with Gasteiger partial charge in [-0.1, -0.05) is 6.07 Å². The van der Waals surface area contributed by atoms with Crippen molar-refractivity contribution in [3.63, 3.8) is 0 Å². The third-order valence-electron chi connectivity index (χ3n) is 2.70. The summed E-state index contributed by atoms with van der Waals surface area (Å²) in [6.07, 6.45) is 3.59. The van der Waals surface area contributed by atoms with Crippen LogP contribution >= 0.6 is 11.5 Å². The molecule has 2 N–H and O–H groups in total. The zero-order valence-electron chi connectivity index (χ0n) is 10.1. The van der Waals surface area contributed by atoms with Gasteiger partial charge in [-0.25, -0.2) is 0 Å². The highest BCUT2D eigenvalue weighted by Crippen LogP contribution is 2.38. The highest BCUT2D eigenvalue weighted by molar-refractivity contribution is 7.11. The Bertz CT molecular complexity index is 477. The summed E-state index contributed by atoms with van der Waals surface area (Å²) in [6, 6.07) is 3.93. The summed E-state index contributed by atoms with van der Waals surface area (Å²) in [4.78, 5) is 6.40. The van der Waals surface area contributed by atoms with Crippen molar-refractivity contribution in [1.82, 2.24) is 9.36 Å². The quantitative estimate of drug-likeness (QED) is 0.903. The van der Waals surface area contributed by atoms with E-state index in [1.807, 2.05) is 18.3 Å². The van der Waals surface area contributed by atoms with Crippen molar-refractivity contribution in [2.45, 2.75) is 13.8 Å². The van der Waals surface area contributed by atoms with Gasteiger partial charge in [0.1, 0.15) is 10.8 Å². The van der Waals surface area contributed by atoms with Crippen molar-refractivity contribution < 1.29 is 0 Å². The van der Waals surface area contributed by atoms with Crippen LogP contribution in [0.4, 0.5) is 10.8 Å². The molecule has 0 aromatic carbocycles. The first-order valence-electron chi connectivity index (χ1n) is 5.68. The predicted octanol–water partition coefficient (Wildman–Crippen LogP) is 2.63. The lowest BCUT2D eigenvalue weighted by Crippen LogP contribution is -2.21. The molecule has 0 radical (unpaired) electrons. The highest BCUT2D eigenvalue weighted by Gasteiger charge is 2.17. The molecule has 2 rings (SSSR count). The fraction of sp³-hybridized carbons (Fsp3) is 0.333. The lowest BCUT2D eigenvalue weighted by Gasteiger charge is -2.20. The summed E-state index contributed by atoms with van der Waals surface area (Å²) in [5.74, 6) is 0.588. The van der Waals surface area contributed by atoms with Crippen molar-refractivity contribution in [1.29, 1.82) is 0 Å². The van der Waals surface area contributed by atoms with Gasteiger partial charge in [-0.15, -0.1) is 0 Å². The maximum absolute atomic E-state index is 5.97. The molecule has 0 bridgehead atoms. The normalized spacial score (nSPS) is 10.5. The third-order valence-corrected chi connectivity index (χ3v) is 3.62. The summed E-state index contributed by atoms with van der Waals surface area (Å²) < 4.78 is 4.26. The van der Waals surface area contributed by atoms with Gasteiger partial charge in [-0.3, -0.25) is 4.98 Å². The number of hydrogen-bond donors (Lipinski definition) is 1. The van der Waals surface area contributed by atoms with Crippen LogP contribution in [0.2, 0.25) is 0 Å². The van der Waals surface area contributed by atoms with Crippen LogP contribution < -0.4 is 10.6 Å². The molecule has 0 aliphatic heterocycles. The maximum atomic E-state index is 5.97. The summed E-state index contributed by atoms with van der Waals surface area (Å²) in [5, 5.41) is 1.13. The minimum absolute atomic E-state index is 0.588. The number of nitrogen functional groups attached to an aromatic ring is 1. The Kier molecular flexibility index (Phi) is 3.58. The van der Waals surface area contributed by atoms with Crippen LogP contribution in [0.5, 0.6) is 0 Å². The van der Waals surface area contributed by atoms with Gasteiger partial charge in [0.2, 0.25) is 0 Å². The molecule has 0 atom stereocenters. The SMILES string of the molecule is CCN(CC)c1snc(N)c1-c1cccnc1. The molecular weight excluding hydrogens is 232 g/mol. The van der Waals surface area contributed by atoms with E-state index in [0.717, 1.165) is 29.2 Å². The Balaban J connectivity index is 2.50. The predicted molar refractivity (Wildman–Crippen MR) is 73.3 cm³/mol. The van der Waals surface area contributed by atoms with Gasteiger partial charge in [-0.2, -0.15) is 4.37 Å². The molecule has 0 saturated heterocycles. The molecule has 90 valence electrons. The van der Waals surface area contributed by atoms with Gasteiger partial charge in [0.25, 0.3) is 0 Å². The molecule has 0 spiro atoms. The number of anilines is 2. The summed E-state index contributed by atoms with van der Waals surface area (Å²) in [7, 11) is 0. The Labute approximate surface area is 105 Å². The van der Waals surface area contributed by atoms with Crippen molar-refractivity contribution in [2.24, 2.45) is 0 Å². The van der Waals surface area contributed by atoms with Crippen LogP contribution in [0.3, 0.4) is 0 Å². The van der Waals surface area contributed by atoms with E-state index in [-0.39, 0.29) is 0 Å². The van der Waals surface area contributed by atoms with Crippen LogP contribution in [0.25, 0.3) is 11.1 Å². The van der Waals surface area contributed by atoms with E-state index in [1.165, 1.54) is 11.5 Å². The van der Waals surface area contributed by atoms with Gasteiger partial charge in [0.15, 0.2) is 0 Å². The molecule has 2 heterocycles. The van der Waals surface area contributed by atoms with Crippen molar-refractivity contribution >= 4 is 22.4 Å². The largest absolute Gasteiger partial charge is 0.382 e. The number of hydrogen-bond acceptors (Lipinski definition) is 5. The molecular formula is C12H16N4S. The lowest BCUT2D eigenvalue weighted by molar-refractivity contribution is 0.877. The van der Waals surface area contributed by atoms with Crippen LogP contribution in [0.1, 0.15) is 13.8 Å². The Hall–Kier alpha value is -1.62. The van der Waals surface area contributed by atoms with Crippen LogP contribution in [-0.4, -0.2) is 22.4 Å². The molecule has 2 aromatic heterocycles. The molecule has 0 saturated carbocycles. The third kappa shape index (κ3) is 2.24. The molecule has 2 aromatic rings. The van der Waals surface area contributed by atoms with Gasteiger partial charge in [0, 0.05) is 31.0 Å². The zero-order valence-corrected chi connectivity index (χ0v) is 10.9. The smallest absolute Gasteiger partial charge is 0.147 e.